The van der Waals surface area contributed by atoms with Gasteiger partial charge in [0, 0.05) is 7.11 Å². The second-order valence-corrected chi connectivity index (χ2v) is 14.4. The van der Waals surface area contributed by atoms with E-state index in [4.69, 9.17) is 13.9 Å². The summed E-state index contributed by atoms with van der Waals surface area (Å²) in [6.07, 6.45) is 22.6. The van der Waals surface area contributed by atoms with Crippen LogP contribution in [0.2, 0.25) is 18.1 Å². The number of methoxy groups -OCH3 is 1. The van der Waals surface area contributed by atoms with Crippen LogP contribution < -0.4 is 0 Å². The van der Waals surface area contributed by atoms with Gasteiger partial charge >= 0.3 is 0 Å². The molecule has 0 bridgehead atoms. The minimum absolute atomic E-state index is 0.147. The maximum atomic E-state index is 6.07. The maximum Gasteiger partial charge on any atom is 0.249 e. The molecule has 0 aromatic rings. The van der Waals surface area contributed by atoms with Crippen molar-refractivity contribution in [3.63, 3.8) is 0 Å². The van der Waals surface area contributed by atoms with E-state index >= 15 is 0 Å². The molecule has 0 saturated heterocycles. The number of allylic oxidation sites excluding steroid dienone is 2. The van der Waals surface area contributed by atoms with E-state index < -0.39 is 8.32 Å². The molecule has 0 heterocycles. The fourth-order valence-corrected chi connectivity index (χ4v) is 3.60. The van der Waals surface area contributed by atoms with Crippen LogP contribution in [0.15, 0.2) is 24.5 Å². The summed E-state index contributed by atoms with van der Waals surface area (Å²) >= 11 is 0. The Hall–Kier alpha value is -0.583. The maximum absolute atomic E-state index is 6.07. The van der Waals surface area contributed by atoms with Gasteiger partial charge in [-0.15, -0.1) is 0 Å². The van der Waals surface area contributed by atoms with Crippen LogP contribution in [0.25, 0.3) is 0 Å². The summed E-state index contributed by atoms with van der Waals surface area (Å²) in [7, 11) is -0.0145. The Kier molecular flexibility index (Phi) is 16.8. The Morgan fingerprint density at radius 3 is 2.00 bits per heavy atom. The van der Waals surface area contributed by atoms with E-state index in [1.54, 1.807) is 7.11 Å². The molecular formula is C25H50O3Si. The van der Waals surface area contributed by atoms with E-state index in [1.165, 1.54) is 57.8 Å². The first-order valence-corrected chi connectivity index (χ1v) is 14.8. The topological polar surface area (TPSA) is 27.7 Å². The highest BCUT2D eigenvalue weighted by molar-refractivity contribution is 6.74. The standard InChI is InChI=1S/C25H50O3Si/c1-8-9-10-11-12-13-14-15-17-20-24(27-23-26-5)21-18-16-19-22-28-29(6,7)25(2,3)4/h18-19,21-22,24H,8-17,20,23H2,1-7H3/b21-18+,22-19+. The minimum atomic E-state index is -1.70. The number of unbranched alkanes of at least 4 members (excludes halogenated alkanes) is 8. The second-order valence-electron chi connectivity index (χ2n) is 9.64. The summed E-state index contributed by atoms with van der Waals surface area (Å²) in [5, 5.41) is 0.238. The van der Waals surface area contributed by atoms with Gasteiger partial charge in [-0.3, -0.25) is 0 Å². The Morgan fingerprint density at radius 1 is 0.862 bits per heavy atom. The molecule has 1 atom stereocenters. The molecule has 0 radical (unpaired) electrons. The molecule has 0 rings (SSSR count). The summed E-state index contributed by atoms with van der Waals surface area (Å²) in [5.41, 5.74) is 0. The Bertz CT molecular complexity index is 424. The first-order valence-electron chi connectivity index (χ1n) is 11.8. The van der Waals surface area contributed by atoms with Crippen LogP contribution in [0.4, 0.5) is 0 Å². The third kappa shape index (κ3) is 15.9. The number of ether oxygens (including phenoxy) is 2. The van der Waals surface area contributed by atoms with Crippen LogP contribution in [-0.2, 0) is 13.9 Å². The Balaban J connectivity index is 4.07. The quantitative estimate of drug-likeness (QED) is 0.0724. The van der Waals surface area contributed by atoms with E-state index in [2.05, 4.69) is 59.0 Å². The van der Waals surface area contributed by atoms with Crippen molar-refractivity contribution < 1.29 is 13.9 Å². The zero-order valence-electron chi connectivity index (χ0n) is 20.6. The highest BCUT2D eigenvalue weighted by atomic mass is 28.4. The van der Waals surface area contributed by atoms with Crippen molar-refractivity contribution in [2.45, 2.75) is 123 Å². The molecule has 0 saturated carbocycles. The van der Waals surface area contributed by atoms with Crippen molar-refractivity contribution in [3.05, 3.63) is 24.5 Å². The van der Waals surface area contributed by atoms with Crippen molar-refractivity contribution in [2.24, 2.45) is 0 Å². The fraction of sp³-hybridized carbons (Fsp3) is 0.840. The smallest absolute Gasteiger partial charge is 0.249 e. The van der Waals surface area contributed by atoms with Crippen LogP contribution in [0.3, 0.4) is 0 Å². The molecule has 0 fully saturated rings. The van der Waals surface area contributed by atoms with Gasteiger partial charge in [-0.2, -0.15) is 0 Å². The lowest BCUT2D eigenvalue weighted by atomic mass is 10.0. The van der Waals surface area contributed by atoms with E-state index in [-0.39, 0.29) is 11.1 Å². The van der Waals surface area contributed by atoms with Crippen LogP contribution in [-0.4, -0.2) is 28.3 Å². The van der Waals surface area contributed by atoms with Crippen LogP contribution in [0.5, 0.6) is 0 Å². The monoisotopic (exact) mass is 426 g/mol. The predicted octanol–water partition coefficient (Wildman–Crippen LogP) is 8.38. The van der Waals surface area contributed by atoms with Gasteiger partial charge < -0.3 is 13.9 Å². The molecule has 0 aliphatic carbocycles. The highest BCUT2D eigenvalue weighted by Crippen LogP contribution is 2.36. The Labute approximate surface area is 183 Å². The molecule has 0 N–H and O–H groups in total. The normalized spacial score (nSPS) is 14.2. The first kappa shape index (κ1) is 28.4. The van der Waals surface area contributed by atoms with Crippen LogP contribution in [0.1, 0.15) is 98.3 Å². The summed E-state index contributed by atoms with van der Waals surface area (Å²) in [6, 6.07) is 0. The predicted molar refractivity (Wildman–Crippen MR) is 130 cm³/mol. The molecule has 172 valence electrons. The zero-order chi connectivity index (χ0) is 22.0. The lowest BCUT2D eigenvalue weighted by molar-refractivity contribution is -0.0580. The van der Waals surface area contributed by atoms with Crippen molar-refractivity contribution in [2.75, 3.05) is 13.9 Å². The first-order chi connectivity index (χ1) is 13.7. The molecule has 0 spiro atoms. The third-order valence-corrected chi connectivity index (χ3v) is 10.2. The van der Waals surface area contributed by atoms with Crippen LogP contribution >= 0.6 is 0 Å². The largest absolute Gasteiger partial charge is 0.549 e. The molecule has 0 aromatic carbocycles. The van der Waals surface area contributed by atoms with Gasteiger partial charge in [-0.25, -0.2) is 0 Å². The average molecular weight is 427 g/mol. The van der Waals surface area contributed by atoms with Gasteiger partial charge in [0.25, 0.3) is 0 Å². The molecule has 0 aliphatic rings. The molecule has 29 heavy (non-hydrogen) atoms. The Morgan fingerprint density at radius 2 is 1.45 bits per heavy atom. The fourth-order valence-electron chi connectivity index (χ4n) is 2.81. The molecule has 0 aliphatic heterocycles. The summed E-state index contributed by atoms with van der Waals surface area (Å²) in [6.45, 7) is 14.0. The van der Waals surface area contributed by atoms with Crippen molar-refractivity contribution in [3.8, 4) is 0 Å². The van der Waals surface area contributed by atoms with E-state index in [0.717, 1.165) is 12.8 Å². The van der Waals surface area contributed by atoms with Gasteiger partial charge in [-0.05, 0) is 37.0 Å². The second kappa shape index (κ2) is 17.1. The zero-order valence-corrected chi connectivity index (χ0v) is 21.6. The lowest BCUT2D eigenvalue weighted by Gasteiger charge is -2.34. The number of rotatable bonds is 18. The number of hydrogen-bond acceptors (Lipinski definition) is 3. The average Bonchev–Trinajstić information content (AvgIpc) is 2.65. The number of hydrogen-bond donors (Lipinski definition) is 0. The molecule has 0 aromatic heterocycles. The van der Waals surface area contributed by atoms with E-state index in [0.29, 0.717) is 6.79 Å². The highest BCUT2D eigenvalue weighted by Gasteiger charge is 2.37. The molecule has 1 unspecified atom stereocenters. The van der Waals surface area contributed by atoms with Gasteiger partial charge in [0.2, 0.25) is 8.32 Å². The summed E-state index contributed by atoms with van der Waals surface area (Å²) < 4.78 is 17.0. The summed E-state index contributed by atoms with van der Waals surface area (Å²) in [5.74, 6) is 0. The van der Waals surface area contributed by atoms with Gasteiger partial charge in [-0.1, -0.05) is 97.6 Å². The van der Waals surface area contributed by atoms with Crippen molar-refractivity contribution in [1.29, 1.82) is 0 Å². The van der Waals surface area contributed by atoms with Crippen molar-refractivity contribution in [1.82, 2.24) is 0 Å². The van der Waals surface area contributed by atoms with Gasteiger partial charge in [0.05, 0.1) is 12.4 Å². The third-order valence-electron chi connectivity index (χ3n) is 5.88. The minimum Gasteiger partial charge on any atom is -0.549 e. The lowest BCUT2D eigenvalue weighted by Crippen LogP contribution is -2.39. The van der Waals surface area contributed by atoms with Gasteiger partial charge in [0.15, 0.2) is 0 Å². The van der Waals surface area contributed by atoms with Crippen LogP contribution in [0, 0.1) is 0 Å². The van der Waals surface area contributed by atoms with Crippen molar-refractivity contribution >= 4 is 8.32 Å². The molecule has 3 nitrogen and oxygen atoms in total. The van der Waals surface area contributed by atoms with E-state index in [9.17, 15) is 0 Å². The summed E-state index contributed by atoms with van der Waals surface area (Å²) in [4.78, 5) is 0. The SMILES string of the molecule is CCCCCCCCCCCC(/C=C/C/C=C/O[Si](C)(C)C(C)(C)C)OCOC. The van der Waals surface area contributed by atoms with E-state index in [1.807, 2.05) is 6.26 Å². The molecule has 4 heteroatoms. The molecular weight excluding hydrogens is 376 g/mol. The molecule has 0 amide bonds. The van der Waals surface area contributed by atoms with Gasteiger partial charge in [0.1, 0.15) is 6.79 Å².